The van der Waals surface area contributed by atoms with Crippen LogP contribution in [0.4, 0.5) is 0 Å². The quantitative estimate of drug-likeness (QED) is 0.341. The number of nitrogens with one attached hydrogen (secondary N) is 1. The Morgan fingerprint density at radius 1 is 1.56 bits per heavy atom. The molecule has 0 saturated heterocycles. The normalized spacial score (nSPS) is 10.8. The Kier molecular flexibility index (Phi) is 5.37. The predicted molar refractivity (Wildman–Crippen MR) is 66.6 cm³/mol. The van der Waals surface area contributed by atoms with Crippen molar-refractivity contribution in [1.82, 2.24) is 14.8 Å². The third-order valence-electron chi connectivity index (χ3n) is 1.80. The lowest BCUT2D eigenvalue weighted by Gasteiger charge is -2.03. The van der Waals surface area contributed by atoms with Crippen molar-refractivity contribution in [2.24, 2.45) is 7.05 Å². The summed E-state index contributed by atoms with van der Waals surface area (Å²) in [6, 6.07) is 0. The van der Waals surface area contributed by atoms with E-state index in [0.29, 0.717) is 17.5 Å². The molecule has 1 heterocycles. The maximum absolute atomic E-state index is 11.0. The molecule has 1 aromatic heterocycles. The van der Waals surface area contributed by atoms with Crippen LogP contribution in [0.5, 0.6) is 0 Å². The van der Waals surface area contributed by atoms with Gasteiger partial charge in [-0.1, -0.05) is 17.8 Å². The smallest absolute Gasteiger partial charge is 0.339 e. The predicted octanol–water partition coefficient (Wildman–Crippen LogP) is -0.320. The van der Waals surface area contributed by atoms with Crippen LogP contribution in [0.2, 0.25) is 0 Å². The number of rotatable bonds is 5. The van der Waals surface area contributed by atoms with E-state index in [0.717, 1.165) is 0 Å². The van der Waals surface area contributed by atoms with Crippen LogP contribution in [0.1, 0.15) is 6.92 Å². The third-order valence-corrected chi connectivity index (χ3v) is 2.78. The van der Waals surface area contributed by atoms with Crippen LogP contribution in [0, 0.1) is 0 Å². The van der Waals surface area contributed by atoms with Crippen LogP contribution in [0.3, 0.4) is 0 Å². The molecule has 7 nitrogen and oxygen atoms in total. The van der Waals surface area contributed by atoms with Crippen LogP contribution in [0.25, 0.3) is 0 Å². The van der Waals surface area contributed by atoms with Crippen molar-refractivity contribution in [3.63, 3.8) is 0 Å². The zero-order valence-corrected chi connectivity index (χ0v) is 10.8. The molecule has 0 aliphatic heterocycles. The van der Waals surface area contributed by atoms with E-state index >= 15 is 0 Å². The van der Waals surface area contributed by atoms with E-state index in [1.165, 1.54) is 22.5 Å². The number of nitrogens with zero attached hydrogens (tertiary/aromatic N) is 2. The first-order valence-electron chi connectivity index (χ1n) is 5.18. The molecule has 0 fully saturated rings. The molecule has 0 atom stereocenters. The highest BCUT2D eigenvalue weighted by atomic mass is 32.2. The lowest BCUT2D eigenvalue weighted by Crippen LogP contribution is -2.33. The summed E-state index contributed by atoms with van der Waals surface area (Å²) in [5.41, 5.74) is -1.59. The van der Waals surface area contributed by atoms with Gasteiger partial charge in [0, 0.05) is 18.9 Å². The molecule has 0 saturated carbocycles. The highest BCUT2D eigenvalue weighted by Gasteiger charge is 2.03. The molecule has 18 heavy (non-hydrogen) atoms. The highest BCUT2D eigenvalue weighted by Crippen LogP contribution is 2.10. The van der Waals surface area contributed by atoms with Crippen LogP contribution in [-0.2, 0) is 16.6 Å². The van der Waals surface area contributed by atoms with Gasteiger partial charge in [0.15, 0.2) is 5.16 Å². The van der Waals surface area contributed by atoms with E-state index < -0.39 is 17.1 Å². The van der Waals surface area contributed by atoms with Crippen molar-refractivity contribution in [3.8, 4) is 0 Å². The van der Waals surface area contributed by atoms with Gasteiger partial charge in [0.2, 0.25) is 0 Å². The number of aryl methyl sites for hydroxylation is 1. The third kappa shape index (κ3) is 4.21. The van der Waals surface area contributed by atoms with Crippen molar-refractivity contribution >= 4 is 17.7 Å². The Balaban J connectivity index is 2.60. The van der Waals surface area contributed by atoms with Crippen LogP contribution >= 0.6 is 11.8 Å². The minimum atomic E-state index is -0.829. The summed E-state index contributed by atoms with van der Waals surface area (Å²) in [6.45, 7) is 2.05. The van der Waals surface area contributed by atoms with Crippen molar-refractivity contribution in [2.45, 2.75) is 12.1 Å². The fraction of sp³-hybridized carbons (Fsp3) is 0.400. The Bertz CT molecular complexity index is 561. The molecule has 1 aromatic rings. The van der Waals surface area contributed by atoms with Crippen molar-refractivity contribution in [2.75, 3.05) is 12.4 Å². The number of carbonyl (C=O) groups is 1. The fourth-order valence-corrected chi connectivity index (χ4v) is 1.78. The zero-order valence-electron chi connectivity index (χ0n) is 10.0. The fourth-order valence-electron chi connectivity index (χ4n) is 1.05. The summed E-state index contributed by atoms with van der Waals surface area (Å²) >= 11 is 1.22. The maximum Gasteiger partial charge on any atom is 0.339 e. The Morgan fingerprint density at radius 3 is 2.94 bits per heavy atom. The molecular weight excluding hydrogens is 258 g/mol. The second-order valence-electron chi connectivity index (χ2n) is 3.16. The number of hydrogen-bond acceptors (Lipinski definition) is 6. The second-order valence-corrected chi connectivity index (χ2v) is 4.15. The van der Waals surface area contributed by atoms with E-state index in [2.05, 4.69) is 10.1 Å². The lowest BCUT2D eigenvalue weighted by atomic mass is 10.5. The van der Waals surface area contributed by atoms with Gasteiger partial charge < -0.3 is 4.74 Å². The Hall–Kier alpha value is -1.83. The van der Waals surface area contributed by atoms with Crippen LogP contribution in [0.15, 0.2) is 26.9 Å². The van der Waals surface area contributed by atoms with Gasteiger partial charge in [-0.05, 0) is 6.92 Å². The monoisotopic (exact) mass is 271 g/mol. The summed E-state index contributed by atoms with van der Waals surface area (Å²) in [7, 11) is 1.57. The van der Waals surface area contributed by atoms with Gasteiger partial charge in [0.1, 0.15) is 0 Å². The number of carbonyl (C=O) groups excluding carboxylic acids is 1. The first kappa shape index (κ1) is 14.2. The molecule has 1 N–H and O–H groups in total. The van der Waals surface area contributed by atoms with Crippen molar-refractivity contribution < 1.29 is 9.53 Å². The van der Waals surface area contributed by atoms with Gasteiger partial charge in [-0.25, -0.2) is 4.79 Å². The van der Waals surface area contributed by atoms with Gasteiger partial charge in [0.25, 0.3) is 0 Å². The number of aromatic amines is 1. The first-order chi connectivity index (χ1) is 8.54. The van der Waals surface area contributed by atoms with E-state index in [4.69, 9.17) is 4.74 Å². The van der Waals surface area contributed by atoms with Gasteiger partial charge in [-0.3, -0.25) is 19.4 Å². The summed E-state index contributed by atoms with van der Waals surface area (Å²) in [4.78, 5) is 36.6. The molecule has 8 heteroatoms. The van der Waals surface area contributed by atoms with Gasteiger partial charge in [0.05, 0.1) is 6.61 Å². The second kappa shape index (κ2) is 6.80. The molecule has 0 unspecified atom stereocenters. The highest BCUT2D eigenvalue weighted by molar-refractivity contribution is 7.99. The molecule has 0 bridgehead atoms. The summed E-state index contributed by atoms with van der Waals surface area (Å²) in [5, 5.41) is 2.70. The maximum atomic E-state index is 11.0. The molecule has 0 aliphatic carbocycles. The molecule has 0 aromatic carbocycles. The van der Waals surface area contributed by atoms with Crippen LogP contribution < -0.4 is 11.1 Å². The molecule has 98 valence electrons. The minimum absolute atomic E-state index is 0.326. The molecule has 1 rings (SSSR count). The summed E-state index contributed by atoms with van der Waals surface area (Å²) in [5.74, 6) is 0.0203. The summed E-state index contributed by atoms with van der Waals surface area (Å²) in [6.07, 6.45) is 2.90. The van der Waals surface area contributed by atoms with Crippen LogP contribution in [-0.4, -0.2) is 33.1 Å². The zero-order chi connectivity index (χ0) is 13.5. The van der Waals surface area contributed by atoms with E-state index in [-0.39, 0.29) is 0 Å². The first-order valence-corrected chi connectivity index (χ1v) is 6.16. The standard InChI is InChI=1S/C10H13N3O4S/c1-3-17-7(14)5-4-6-18-10-11-8(15)9(16)12-13(10)2/h4-5H,3,6H2,1-2H3,(H,12,16)/b5-4+. The van der Waals surface area contributed by atoms with Crippen molar-refractivity contribution in [3.05, 3.63) is 32.9 Å². The molecule has 0 aliphatic rings. The Morgan fingerprint density at radius 2 is 2.28 bits per heavy atom. The van der Waals surface area contributed by atoms with E-state index in [1.807, 2.05) is 0 Å². The molecule has 0 amide bonds. The van der Waals surface area contributed by atoms with Gasteiger partial charge in [-0.2, -0.15) is 4.98 Å². The molecule has 0 spiro atoms. The van der Waals surface area contributed by atoms with Crippen molar-refractivity contribution in [1.29, 1.82) is 0 Å². The van der Waals surface area contributed by atoms with E-state index in [9.17, 15) is 14.4 Å². The Labute approximate surface area is 107 Å². The minimum Gasteiger partial charge on any atom is -0.463 e. The van der Waals surface area contributed by atoms with Gasteiger partial charge in [-0.15, -0.1) is 0 Å². The number of hydrogen-bond donors (Lipinski definition) is 1. The number of thioether (sulfide) groups is 1. The van der Waals surface area contributed by atoms with Gasteiger partial charge >= 0.3 is 17.1 Å². The average molecular weight is 271 g/mol. The van der Waals surface area contributed by atoms with E-state index in [1.54, 1.807) is 20.0 Å². The topological polar surface area (TPSA) is 94.1 Å². The average Bonchev–Trinajstić information content (AvgIpc) is 2.31. The summed E-state index contributed by atoms with van der Waals surface area (Å²) < 4.78 is 6.05. The lowest BCUT2D eigenvalue weighted by molar-refractivity contribution is -0.137. The SMILES string of the molecule is CCOC(=O)/C=C/CSc1nc(=O)c(=O)[nH]n1C. The largest absolute Gasteiger partial charge is 0.463 e. The molecular formula is C10H13N3O4S. The molecule has 0 radical (unpaired) electrons. The number of esters is 1. The number of H-pyrrole nitrogens is 1. The number of aromatic nitrogens is 3. The number of ether oxygens (including phenoxy) is 1.